The number of fused-ring (bicyclic) bond motifs is 1. The van der Waals surface area contributed by atoms with Gasteiger partial charge in [0.1, 0.15) is 19.3 Å². The van der Waals surface area contributed by atoms with Crippen molar-refractivity contribution in [3.63, 3.8) is 0 Å². The van der Waals surface area contributed by atoms with E-state index in [4.69, 9.17) is 9.47 Å². The number of amides is 2. The fourth-order valence-corrected chi connectivity index (χ4v) is 5.29. The summed E-state index contributed by atoms with van der Waals surface area (Å²) >= 11 is 0. The van der Waals surface area contributed by atoms with Crippen molar-refractivity contribution in [2.75, 3.05) is 30.3 Å². The lowest BCUT2D eigenvalue weighted by Crippen LogP contribution is -2.50. The maximum atomic E-state index is 13.5. The maximum Gasteiger partial charge on any atom is 0.243 e. The lowest BCUT2D eigenvalue weighted by atomic mass is 10.1. The van der Waals surface area contributed by atoms with E-state index in [1.807, 2.05) is 51.1 Å². The van der Waals surface area contributed by atoms with Gasteiger partial charge in [0.15, 0.2) is 11.5 Å². The molecular formula is C28H39N3O6S. The van der Waals surface area contributed by atoms with Crippen LogP contribution in [0.3, 0.4) is 0 Å². The highest BCUT2D eigenvalue weighted by atomic mass is 32.2. The van der Waals surface area contributed by atoms with E-state index in [2.05, 4.69) is 5.32 Å². The number of nitrogens with zero attached hydrogens (tertiary/aromatic N) is 2. The van der Waals surface area contributed by atoms with E-state index in [-0.39, 0.29) is 37.2 Å². The van der Waals surface area contributed by atoms with Gasteiger partial charge in [0, 0.05) is 31.6 Å². The number of ether oxygens (including phenoxy) is 2. The second kappa shape index (κ2) is 13.5. The summed E-state index contributed by atoms with van der Waals surface area (Å²) in [5.41, 5.74) is 1.37. The van der Waals surface area contributed by atoms with E-state index < -0.39 is 16.1 Å². The second-order valence-corrected chi connectivity index (χ2v) is 11.4. The summed E-state index contributed by atoms with van der Waals surface area (Å²) in [6, 6.07) is 13.9. The van der Waals surface area contributed by atoms with Crippen molar-refractivity contribution >= 4 is 27.5 Å². The summed E-state index contributed by atoms with van der Waals surface area (Å²) in [5, 5.41) is 3.00. The van der Waals surface area contributed by atoms with Crippen LogP contribution in [-0.2, 0) is 26.2 Å². The van der Waals surface area contributed by atoms with Gasteiger partial charge in [0.05, 0.1) is 11.9 Å². The van der Waals surface area contributed by atoms with Gasteiger partial charge in [-0.05, 0) is 43.9 Å². The van der Waals surface area contributed by atoms with E-state index in [0.717, 1.165) is 18.2 Å². The van der Waals surface area contributed by atoms with Crippen molar-refractivity contribution < 1.29 is 27.5 Å². The Morgan fingerprint density at radius 3 is 2.32 bits per heavy atom. The van der Waals surface area contributed by atoms with E-state index >= 15 is 0 Å². The normalized spacial score (nSPS) is 14.3. The molecule has 1 aliphatic heterocycles. The van der Waals surface area contributed by atoms with E-state index in [9.17, 15) is 18.0 Å². The zero-order valence-corrected chi connectivity index (χ0v) is 23.5. The molecular weight excluding hydrogens is 506 g/mol. The second-order valence-electron chi connectivity index (χ2n) is 9.52. The van der Waals surface area contributed by atoms with Crippen LogP contribution in [0.2, 0.25) is 0 Å². The summed E-state index contributed by atoms with van der Waals surface area (Å²) in [6.07, 6.45) is 2.77. The average molecular weight is 546 g/mol. The van der Waals surface area contributed by atoms with Crippen LogP contribution in [0.1, 0.15) is 52.0 Å². The molecule has 38 heavy (non-hydrogen) atoms. The van der Waals surface area contributed by atoms with Gasteiger partial charge in [-0.15, -0.1) is 0 Å². The van der Waals surface area contributed by atoms with Crippen LogP contribution in [0.25, 0.3) is 0 Å². The molecule has 2 unspecified atom stereocenters. The summed E-state index contributed by atoms with van der Waals surface area (Å²) in [7, 11) is -3.61. The molecule has 1 aliphatic rings. The quantitative estimate of drug-likeness (QED) is 0.411. The third-order valence-corrected chi connectivity index (χ3v) is 7.74. The highest BCUT2D eigenvalue weighted by Crippen LogP contribution is 2.34. The largest absolute Gasteiger partial charge is 0.486 e. The first-order chi connectivity index (χ1) is 18.1. The van der Waals surface area contributed by atoms with Gasteiger partial charge in [-0.25, -0.2) is 8.42 Å². The molecule has 0 bridgehead atoms. The number of hydrogen-bond donors (Lipinski definition) is 1. The van der Waals surface area contributed by atoms with E-state index in [0.29, 0.717) is 43.4 Å². The van der Waals surface area contributed by atoms with Gasteiger partial charge in [0.2, 0.25) is 21.8 Å². The van der Waals surface area contributed by atoms with Gasteiger partial charge in [0.25, 0.3) is 0 Å². The Morgan fingerprint density at radius 2 is 1.68 bits per heavy atom. The lowest BCUT2D eigenvalue weighted by molar-refractivity contribution is -0.141. The molecule has 0 aromatic heterocycles. The number of sulfonamides is 1. The molecule has 2 amide bonds. The molecule has 0 saturated carbocycles. The van der Waals surface area contributed by atoms with Crippen LogP contribution >= 0.6 is 0 Å². The number of nitrogens with one attached hydrogen (secondary N) is 1. The molecule has 1 heterocycles. The zero-order chi connectivity index (χ0) is 27.7. The van der Waals surface area contributed by atoms with Gasteiger partial charge in [-0.2, -0.15) is 0 Å². The number of carbonyl (C=O) groups excluding carboxylic acids is 2. The minimum atomic E-state index is -3.61. The molecule has 2 aromatic carbocycles. The summed E-state index contributed by atoms with van der Waals surface area (Å²) < 4.78 is 37.7. The SMILES string of the molecule is CCC(C)NC(=O)C(CC)N(Cc1ccccc1)C(=O)CCCN(c1ccc2c(c1)OCCO2)S(C)(=O)=O. The Kier molecular flexibility index (Phi) is 10.4. The smallest absolute Gasteiger partial charge is 0.243 e. The predicted octanol–water partition coefficient (Wildman–Crippen LogP) is 3.73. The van der Waals surface area contributed by atoms with Crippen LogP contribution in [0, 0.1) is 0 Å². The number of anilines is 1. The fraction of sp³-hybridized carbons (Fsp3) is 0.500. The molecule has 0 spiro atoms. The van der Waals surface area contributed by atoms with Crippen molar-refractivity contribution in [1.29, 1.82) is 0 Å². The monoisotopic (exact) mass is 545 g/mol. The van der Waals surface area contributed by atoms with Crippen molar-refractivity contribution in [3.05, 3.63) is 54.1 Å². The topological polar surface area (TPSA) is 105 Å². The molecule has 3 rings (SSSR count). The number of carbonyl (C=O) groups is 2. The van der Waals surface area contributed by atoms with Gasteiger partial charge in [-0.1, -0.05) is 44.2 Å². The Labute approximate surface area is 226 Å². The average Bonchev–Trinajstić information content (AvgIpc) is 2.90. The third-order valence-electron chi connectivity index (χ3n) is 6.55. The first kappa shape index (κ1) is 29.3. The lowest BCUT2D eigenvalue weighted by Gasteiger charge is -2.32. The first-order valence-corrected chi connectivity index (χ1v) is 15.0. The minimum absolute atomic E-state index is 0.000422. The molecule has 10 heteroatoms. The van der Waals surface area contributed by atoms with Crippen LogP contribution in [0.4, 0.5) is 5.69 Å². The van der Waals surface area contributed by atoms with Gasteiger partial charge >= 0.3 is 0 Å². The standard InChI is InChI=1S/C28H39N3O6S/c1-5-21(3)29-28(33)24(6-2)30(20-22-11-8-7-9-12-22)27(32)13-10-16-31(38(4,34)35)23-14-15-25-26(19-23)37-18-17-36-25/h7-9,11-12,14-15,19,21,24H,5-6,10,13,16-18,20H2,1-4H3,(H,29,33). The van der Waals surface area contributed by atoms with Crippen LogP contribution in [0.5, 0.6) is 11.5 Å². The highest BCUT2D eigenvalue weighted by molar-refractivity contribution is 7.92. The molecule has 9 nitrogen and oxygen atoms in total. The zero-order valence-electron chi connectivity index (χ0n) is 22.7. The van der Waals surface area contributed by atoms with Crippen LogP contribution in [-0.4, -0.2) is 63.2 Å². The Bertz CT molecular complexity index is 1190. The Morgan fingerprint density at radius 1 is 1.00 bits per heavy atom. The van der Waals surface area contributed by atoms with Crippen LogP contribution in [0.15, 0.2) is 48.5 Å². The molecule has 0 saturated heterocycles. The van der Waals surface area contributed by atoms with Crippen LogP contribution < -0.4 is 19.1 Å². The first-order valence-electron chi connectivity index (χ1n) is 13.1. The summed E-state index contributed by atoms with van der Waals surface area (Å²) in [5.74, 6) is 0.683. The number of rotatable bonds is 13. The van der Waals surface area contributed by atoms with Gasteiger partial charge in [-0.3, -0.25) is 13.9 Å². The van der Waals surface area contributed by atoms with Crippen molar-refractivity contribution in [3.8, 4) is 11.5 Å². The molecule has 0 aliphatic carbocycles. The van der Waals surface area contributed by atoms with E-state index in [1.165, 1.54) is 4.31 Å². The van der Waals surface area contributed by atoms with Crippen molar-refractivity contribution in [2.24, 2.45) is 0 Å². The molecule has 208 valence electrons. The maximum absolute atomic E-state index is 13.5. The molecule has 2 aromatic rings. The van der Waals surface area contributed by atoms with Crippen molar-refractivity contribution in [2.45, 2.75) is 65.1 Å². The number of benzene rings is 2. The summed E-state index contributed by atoms with van der Waals surface area (Å²) in [4.78, 5) is 28.2. The molecule has 2 atom stereocenters. The highest BCUT2D eigenvalue weighted by Gasteiger charge is 2.29. The third kappa shape index (κ3) is 7.86. The Hall–Kier alpha value is -3.27. The predicted molar refractivity (Wildman–Crippen MR) is 148 cm³/mol. The number of hydrogen-bond acceptors (Lipinski definition) is 6. The summed E-state index contributed by atoms with van der Waals surface area (Å²) in [6.45, 7) is 7.06. The molecule has 0 radical (unpaired) electrons. The Balaban J connectivity index is 1.75. The van der Waals surface area contributed by atoms with Crippen molar-refractivity contribution in [1.82, 2.24) is 10.2 Å². The van der Waals surface area contributed by atoms with Gasteiger partial charge < -0.3 is 19.7 Å². The minimum Gasteiger partial charge on any atom is -0.486 e. The van der Waals surface area contributed by atoms with E-state index in [1.54, 1.807) is 23.1 Å². The molecule has 1 N–H and O–H groups in total. The molecule has 0 fully saturated rings. The fourth-order valence-electron chi connectivity index (χ4n) is 4.33.